The van der Waals surface area contributed by atoms with E-state index in [1.807, 2.05) is 0 Å². The fraction of sp³-hybridized carbons (Fsp3) is 1.00. The average Bonchev–Trinajstić information content (AvgIpc) is 1.12. The molecular formula is C8H18Sn2. The quantitative estimate of drug-likeness (QED) is 0.589. The van der Waals surface area contributed by atoms with Gasteiger partial charge in [0.25, 0.3) is 0 Å². The van der Waals surface area contributed by atoms with Crippen LogP contribution in [0.1, 0.15) is 41.5 Å². The SMILES string of the molecule is C[C](C)(C)[Sn].C[C](C)(C)[Sn]. The zero-order valence-electron chi connectivity index (χ0n) is 8.00. The van der Waals surface area contributed by atoms with Crippen LogP contribution >= 0.6 is 0 Å². The van der Waals surface area contributed by atoms with Gasteiger partial charge in [-0.1, -0.05) is 0 Å². The second-order valence-electron chi connectivity index (χ2n) is 4.50. The molecule has 0 nitrogen and oxygen atoms in total. The summed E-state index contributed by atoms with van der Waals surface area (Å²) in [7, 11) is 0. The van der Waals surface area contributed by atoms with Gasteiger partial charge in [0.2, 0.25) is 0 Å². The third-order valence-electron chi connectivity index (χ3n) is 0. The van der Waals surface area contributed by atoms with E-state index in [0.29, 0.717) is 6.86 Å². The Bertz CT molecular complexity index is 50.2. The van der Waals surface area contributed by atoms with Crippen LogP contribution in [-0.4, -0.2) is 45.0 Å². The zero-order valence-corrected chi connectivity index (χ0v) is 13.7. The van der Waals surface area contributed by atoms with Gasteiger partial charge in [0, 0.05) is 0 Å². The molecule has 0 aliphatic rings. The zero-order chi connectivity index (χ0) is 9.00. The Morgan fingerprint density at radius 3 is 0.600 bits per heavy atom. The van der Waals surface area contributed by atoms with Crippen LogP contribution in [0.4, 0.5) is 0 Å². The Morgan fingerprint density at radius 2 is 0.600 bits per heavy atom. The maximum atomic E-state index is 2.23. The molecule has 0 atom stereocenters. The van der Waals surface area contributed by atoms with Gasteiger partial charge in [0.1, 0.15) is 0 Å². The Balaban J connectivity index is 0. The Kier molecular flexibility index (Phi) is 7.47. The fourth-order valence-electron chi connectivity index (χ4n) is 0. The van der Waals surface area contributed by atoms with Gasteiger partial charge in [-0.05, 0) is 0 Å². The molecule has 0 saturated carbocycles. The van der Waals surface area contributed by atoms with Crippen LogP contribution in [0, 0.1) is 0 Å². The van der Waals surface area contributed by atoms with Crippen LogP contribution in [0.5, 0.6) is 0 Å². The Morgan fingerprint density at radius 1 is 0.600 bits per heavy atom. The summed E-state index contributed by atoms with van der Waals surface area (Å²) in [6, 6.07) is 0. The maximum absolute atomic E-state index is 2.23. The Labute approximate surface area is 92.7 Å². The van der Waals surface area contributed by atoms with Crippen molar-refractivity contribution >= 4 is 45.0 Å². The standard InChI is InChI=1S/2C4H9.2Sn/c2*1-4(2)3;;/h2*1-3H3;;. The summed E-state index contributed by atoms with van der Waals surface area (Å²) in [5.74, 6) is 0. The minimum absolute atomic E-state index is 0.590. The summed E-state index contributed by atoms with van der Waals surface area (Å²) in [5, 5.41) is 0. The predicted molar refractivity (Wildman–Crippen MR) is 50.9 cm³/mol. The third-order valence-corrected chi connectivity index (χ3v) is 0. The summed E-state index contributed by atoms with van der Waals surface area (Å²) in [5.41, 5.74) is 0. The molecule has 2 heteroatoms. The molecule has 0 aliphatic carbocycles. The van der Waals surface area contributed by atoms with Gasteiger partial charge in [0.15, 0.2) is 0 Å². The first-order valence-corrected chi connectivity index (χ1v) is 6.35. The van der Waals surface area contributed by atoms with Crippen molar-refractivity contribution in [3.05, 3.63) is 0 Å². The fourth-order valence-corrected chi connectivity index (χ4v) is 0. The van der Waals surface area contributed by atoms with Gasteiger partial charge in [-0.3, -0.25) is 0 Å². The number of hydrogen-bond donors (Lipinski definition) is 0. The molecule has 0 heterocycles. The van der Waals surface area contributed by atoms with Crippen LogP contribution < -0.4 is 0 Å². The summed E-state index contributed by atoms with van der Waals surface area (Å²) in [6.07, 6.45) is 0. The van der Waals surface area contributed by atoms with Crippen LogP contribution in [0.3, 0.4) is 0 Å². The van der Waals surface area contributed by atoms with E-state index in [0.717, 1.165) is 0 Å². The summed E-state index contributed by atoms with van der Waals surface area (Å²) < 4.78 is 1.18. The van der Waals surface area contributed by atoms with E-state index in [2.05, 4.69) is 41.5 Å². The molecule has 58 valence electrons. The van der Waals surface area contributed by atoms with Crippen molar-refractivity contribution in [2.45, 2.75) is 48.4 Å². The van der Waals surface area contributed by atoms with E-state index in [4.69, 9.17) is 0 Å². The first kappa shape index (κ1) is 14.1. The van der Waals surface area contributed by atoms with Gasteiger partial charge in [-0.2, -0.15) is 0 Å². The van der Waals surface area contributed by atoms with Gasteiger partial charge in [-0.15, -0.1) is 0 Å². The van der Waals surface area contributed by atoms with Crippen molar-refractivity contribution in [2.75, 3.05) is 0 Å². The van der Waals surface area contributed by atoms with E-state index in [1.165, 1.54) is 0 Å². The van der Waals surface area contributed by atoms with Crippen molar-refractivity contribution in [1.29, 1.82) is 0 Å². The van der Waals surface area contributed by atoms with Crippen LogP contribution in [0.2, 0.25) is 6.86 Å². The number of rotatable bonds is 0. The van der Waals surface area contributed by atoms with Gasteiger partial charge in [0.05, 0.1) is 0 Å². The van der Waals surface area contributed by atoms with Gasteiger partial charge < -0.3 is 0 Å². The predicted octanol–water partition coefficient (Wildman–Crippen LogP) is 2.75. The van der Waals surface area contributed by atoms with Crippen molar-refractivity contribution in [3.63, 3.8) is 0 Å². The molecule has 0 rings (SSSR count). The van der Waals surface area contributed by atoms with E-state index >= 15 is 0 Å². The molecule has 6 radical (unpaired) electrons. The molecule has 10 heavy (non-hydrogen) atoms. The normalized spacial score (nSPS) is 12.0. The first-order valence-electron chi connectivity index (χ1n) is 3.50. The molecule has 0 N–H and O–H groups in total. The average molecular weight is 352 g/mol. The molecule has 0 bridgehead atoms. The summed E-state index contributed by atoms with van der Waals surface area (Å²) in [4.78, 5) is 0. The first-order chi connectivity index (χ1) is 4.00. The third kappa shape index (κ3) is 278. The van der Waals surface area contributed by atoms with Crippen molar-refractivity contribution in [2.24, 2.45) is 0 Å². The summed E-state index contributed by atoms with van der Waals surface area (Å²) in [6.45, 7) is 13.4. The molecule has 0 saturated heterocycles. The van der Waals surface area contributed by atoms with Gasteiger partial charge >= 0.3 is 93.5 Å². The van der Waals surface area contributed by atoms with Crippen LogP contribution in [-0.2, 0) is 0 Å². The van der Waals surface area contributed by atoms with Crippen LogP contribution in [0.15, 0.2) is 0 Å². The molecule has 0 aromatic rings. The minimum atomic E-state index is 0.590. The molecule has 0 fully saturated rings. The van der Waals surface area contributed by atoms with E-state index in [-0.39, 0.29) is 0 Å². The molecule has 0 aromatic heterocycles. The Hall–Kier alpha value is 1.60. The molecule has 0 aliphatic heterocycles. The number of hydrogen-bond acceptors (Lipinski definition) is 0. The monoisotopic (exact) mass is 354 g/mol. The second kappa shape index (κ2) is 5.28. The van der Waals surface area contributed by atoms with Crippen molar-refractivity contribution in [1.82, 2.24) is 0 Å². The molecule has 0 unspecified atom stereocenters. The van der Waals surface area contributed by atoms with Crippen molar-refractivity contribution < 1.29 is 0 Å². The molecular weight excluding hydrogens is 334 g/mol. The van der Waals surface area contributed by atoms with Crippen LogP contribution in [0.25, 0.3) is 0 Å². The van der Waals surface area contributed by atoms with Crippen molar-refractivity contribution in [3.8, 4) is 0 Å². The van der Waals surface area contributed by atoms with Gasteiger partial charge in [-0.25, -0.2) is 0 Å². The van der Waals surface area contributed by atoms with E-state index in [9.17, 15) is 0 Å². The molecule has 0 aromatic carbocycles. The molecule has 0 spiro atoms. The molecule has 0 amide bonds. The topological polar surface area (TPSA) is 0 Å². The van der Waals surface area contributed by atoms with E-state index in [1.54, 1.807) is 45.0 Å². The summed E-state index contributed by atoms with van der Waals surface area (Å²) >= 11 is 3.24. The van der Waals surface area contributed by atoms with E-state index < -0.39 is 0 Å². The second-order valence-corrected chi connectivity index (χ2v) is 13.1.